The maximum Gasteiger partial charge on any atom is 0.306 e. The van der Waals surface area contributed by atoms with E-state index in [1.165, 1.54) is 45.2 Å². The molecule has 3 rings (SSSR count). The fourth-order valence-corrected chi connectivity index (χ4v) is 11.0. The minimum absolute atomic E-state index is 0.0283. The molecule has 1 fully saturated rings. The molecule has 12 amide bonds. The van der Waals surface area contributed by atoms with E-state index in [0.29, 0.717) is 5.56 Å². The summed E-state index contributed by atoms with van der Waals surface area (Å²) in [7, 11) is 1.33. The van der Waals surface area contributed by atoms with Crippen LogP contribution >= 0.6 is 0 Å². The number of aliphatic imine (C=N–C) groups is 1. The molecule has 580 valence electrons. The van der Waals surface area contributed by atoms with Gasteiger partial charge in [0.25, 0.3) is 0 Å². The van der Waals surface area contributed by atoms with Crippen LogP contribution in [0, 0.1) is 34.5 Å². The molecule has 0 aromatic heterocycles. The van der Waals surface area contributed by atoms with Crippen molar-refractivity contribution in [3.63, 3.8) is 0 Å². The van der Waals surface area contributed by atoms with Crippen molar-refractivity contribution in [2.24, 2.45) is 56.7 Å². The SMILES string of the molecule is CC[C@H](C)[C@@H]1NC(=O)[C@@H](CCCN=C(N)N)NC(=O)[C@H](CC(C)C)NC(=O)[C@H]([C@H](O)C(C)C)NC(=O)[C@H](NC(=O)[C@H](CC(C)(C)C)NC(=O)[C@H](CC(=O)OCc2ccccc2)CC(C)(C)C)[C@H](c2ccc(OC)cc2)NC(=O)[C@H](CO)NC(=O)[C@H]([C@H](O)C(N)=O)NC(=O)CNC(=O)[C@H]([C@H](C)O)NC1=O. The summed E-state index contributed by atoms with van der Waals surface area (Å²) in [6.45, 7) is 18.8. The minimum atomic E-state index is -2.60. The van der Waals surface area contributed by atoms with Gasteiger partial charge in [0, 0.05) is 12.5 Å². The molecule has 21 N–H and O–H groups in total. The minimum Gasteiger partial charge on any atom is -0.497 e. The Bertz CT molecular complexity index is 3280. The number of guanidine groups is 1. The molecule has 34 heteroatoms. The lowest BCUT2D eigenvalue weighted by atomic mass is 9.82. The lowest BCUT2D eigenvalue weighted by Gasteiger charge is -2.35. The second-order valence-electron chi connectivity index (χ2n) is 29.3. The summed E-state index contributed by atoms with van der Waals surface area (Å²) in [5.41, 5.74) is 15.8. The highest BCUT2D eigenvalue weighted by molar-refractivity contribution is 6.01. The number of nitrogens with zero attached hydrogens (tertiary/aromatic N) is 1. The van der Waals surface area contributed by atoms with Gasteiger partial charge in [-0.2, -0.15) is 0 Å². The van der Waals surface area contributed by atoms with E-state index in [2.05, 4.69) is 58.2 Å². The van der Waals surface area contributed by atoms with Crippen LogP contribution in [-0.2, 0) is 73.7 Å². The number of carbonyl (C=O) groups is 13. The molecule has 0 unspecified atom stereocenters. The van der Waals surface area contributed by atoms with Crippen LogP contribution in [-0.4, -0.2) is 203 Å². The van der Waals surface area contributed by atoms with Crippen molar-refractivity contribution in [2.45, 2.75) is 220 Å². The third kappa shape index (κ3) is 29.7. The molecule has 104 heavy (non-hydrogen) atoms. The van der Waals surface area contributed by atoms with Crippen molar-refractivity contribution in [3.8, 4) is 5.75 Å². The summed E-state index contributed by atoms with van der Waals surface area (Å²) in [6.07, 6.45) is -6.81. The highest BCUT2D eigenvalue weighted by Gasteiger charge is 2.44. The van der Waals surface area contributed by atoms with Gasteiger partial charge >= 0.3 is 5.97 Å². The first-order valence-corrected chi connectivity index (χ1v) is 34.6. The number of amides is 12. The standard InChI is InChI=1S/C70H111N15O19/c1-15-37(6)49-64(99)82-50(38(7)87)63(98)75-32-47(88)80-54(56(91)57(71)92)67(102)79-46(33-86)62(97)83-51(40-23-25-42(103-14)26-24-40)52(84-61(96)45(31-70(11,12)13)78-58(93)41(30-69(8,9)10)29-48(89)104-34-39-20-17-16-18-21-39)65(100)85-53(55(90)36(4)5)66(101)77-44(28-35(2)3)60(95)76-43(59(94)81-49)22-19-27-74-68(72)73/h16-18,20-21,23-26,35-38,41,43-46,49-56,86-87,90-91H,15,19,22,27-34H2,1-14H3,(H2,71,92)(H,75,98)(H,76,95)(H,77,101)(H,78,93)(H,79,102)(H,80,88)(H,81,94)(H,82,99)(H,83,97)(H,84,96)(H,85,100)(H4,72,73,74)/t37-,38-,41+,43+,44-,45-,46-,49-,50-,51-,52+,53-,54-,55+,56-/m0/s1. The van der Waals surface area contributed by atoms with E-state index in [-0.39, 0.29) is 68.9 Å². The summed E-state index contributed by atoms with van der Waals surface area (Å²) >= 11 is 0. The molecule has 1 heterocycles. The van der Waals surface area contributed by atoms with E-state index in [1.807, 2.05) is 26.1 Å². The van der Waals surface area contributed by atoms with E-state index in [1.54, 1.807) is 78.8 Å². The third-order valence-electron chi connectivity index (χ3n) is 16.8. The van der Waals surface area contributed by atoms with Crippen LogP contribution in [0.4, 0.5) is 0 Å². The normalized spacial score (nSPS) is 23.1. The van der Waals surface area contributed by atoms with Crippen molar-refractivity contribution in [1.82, 2.24) is 58.5 Å². The number of ether oxygens (including phenoxy) is 2. The largest absolute Gasteiger partial charge is 0.497 e. The zero-order valence-electron chi connectivity index (χ0n) is 61.9. The first-order chi connectivity index (χ1) is 48.5. The van der Waals surface area contributed by atoms with E-state index in [9.17, 15) is 68.4 Å². The predicted molar refractivity (Wildman–Crippen MR) is 380 cm³/mol. The molecular formula is C70H111N15O19. The summed E-state index contributed by atoms with van der Waals surface area (Å²) in [5.74, 6) is -18.5. The molecule has 0 saturated carbocycles. The van der Waals surface area contributed by atoms with Crippen LogP contribution in [0.15, 0.2) is 59.6 Å². The van der Waals surface area contributed by atoms with E-state index in [0.717, 1.165) is 6.92 Å². The predicted octanol–water partition coefficient (Wildman–Crippen LogP) is -2.65. The number of primary amides is 1. The first kappa shape index (κ1) is 88.7. The number of aliphatic hydroxyl groups excluding tert-OH is 4. The molecule has 34 nitrogen and oxygen atoms in total. The van der Waals surface area contributed by atoms with Crippen LogP contribution in [0.3, 0.4) is 0 Å². The van der Waals surface area contributed by atoms with Crippen molar-refractivity contribution in [1.29, 1.82) is 0 Å². The maximum absolute atomic E-state index is 15.8. The van der Waals surface area contributed by atoms with Crippen LogP contribution in [0.2, 0.25) is 0 Å². The van der Waals surface area contributed by atoms with Gasteiger partial charge in [-0.05, 0) is 90.9 Å². The van der Waals surface area contributed by atoms with Crippen molar-refractivity contribution < 1.29 is 92.2 Å². The molecule has 0 aliphatic carbocycles. The molecular weight excluding hydrogens is 1350 g/mol. The lowest BCUT2D eigenvalue weighted by molar-refractivity contribution is -0.149. The highest BCUT2D eigenvalue weighted by atomic mass is 16.5. The molecule has 0 spiro atoms. The molecule has 2 aromatic carbocycles. The van der Waals surface area contributed by atoms with Crippen LogP contribution in [0.1, 0.15) is 152 Å². The number of rotatable bonds is 26. The van der Waals surface area contributed by atoms with Gasteiger partial charge in [0.1, 0.15) is 66.7 Å². The molecule has 15 atom stereocenters. The summed E-state index contributed by atoms with van der Waals surface area (Å²) in [5, 5.41) is 71.9. The number of hydrogen-bond acceptors (Lipinski definition) is 20. The second kappa shape index (κ2) is 41.7. The zero-order chi connectivity index (χ0) is 78.7. The smallest absolute Gasteiger partial charge is 0.306 e. The molecule has 1 saturated heterocycles. The average molecular weight is 1470 g/mol. The number of methoxy groups -OCH3 is 1. The topological polar surface area (TPSA) is 544 Å². The van der Waals surface area contributed by atoms with Gasteiger partial charge in [-0.3, -0.25) is 67.3 Å². The van der Waals surface area contributed by atoms with Gasteiger partial charge < -0.3 is 106 Å². The van der Waals surface area contributed by atoms with Crippen LogP contribution < -0.4 is 80.4 Å². The molecule has 0 bridgehead atoms. The Morgan fingerprint density at radius 1 is 0.635 bits per heavy atom. The lowest BCUT2D eigenvalue weighted by Crippen LogP contribution is -2.65. The molecule has 0 radical (unpaired) electrons. The van der Waals surface area contributed by atoms with Gasteiger partial charge in [0.15, 0.2) is 12.1 Å². The Kier molecular flexibility index (Phi) is 35.5. The number of carbonyl (C=O) groups excluding carboxylic acids is 13. The quantitative estimate of drug-likeness (QED) is 0.0198. The number of hydrogen-bond donors (Lipinski definition) is 18. The number of aliphatic hydroxyl groups is 4. The highest BCUT2D eigenvalue weighted by Crippen LogP contribution is 2.29. The summed E-state index contributed by atoms with van der Waals surface area (Å²) in [6, 6.07) is -4.69. The summed E-state index contributed by atoms with van der Waals surface area (Å²) in [4.78, 5) is 192. The Morgan fingerprint density at radius 3 is 1.72 bits per heavy atom. The fraction of sp³-hybridized carbons (Fsp3) is 0.629. The average Bonchev–Trinajstić information content (AvgIpc) is 0.803. The van der Waals surface area contributed by atoms with Gasteiger partial charge in [0.2, 0.25) is 70.9 Å². The number of nitrogens with two attached hydrogens (primary N) is 3. The second-order valence-corrected chi connectivity index (χ2v) is 29.3. The zero-order valence-corrected chi connectivity index (χ0v) is 61.9. The monoisotopic (exact) mass is 1470 g/mol. The van der Waals surface area contributed by atoms with Crippen molar-refractivity contribution in [3.05, 3.63) is 65.7 Å². The van der Waals surface area contributed by atoms with Crippen LogP contribution in [0.5, 0.6) is 5.75 Å². The van der Waals surface area contributed by atoms with Crippen molar-refractivity contribution >= 4 is 82.8 Å². The van der Waals surface area contributed by atoms with Gasteiger partial charge in [-0.15, -0.1) is 0 Å². The van der Waals surface area contributed by atoms with Crippen LogP contribution in [0.25, 0.3) is 0 Å². The number of nitrogens with one attached hydrogen (secondary N) is 11. The Labute approximate surface area is 606 Å². The van der Waals surface area contributed by atoms with E-state index < -0.39 is 210 Å². The fourth-order valence-electron chi connectivity index (χ4n) is 11.0. The summed E-state index contributed by atoms with van der Waals surface area (Å²) < 4.78 is 11.0. The maximum atomic E-state index is 15.8. The molecule has 1 aliphatic rings. The Morgan fingerprint density at radius 2 is 1.18 bits per heavy atom. The Balaban J connectivity index is 2.48. The molecule has 1 aliphatic heterocycles. The first-order valence-electron chi connectivity index (χ1n) is 34.6. The van der Waals surface area contributed by atoms with Gasteiger partial charge in [-0.25, -0.2) is 0 Å². The number of esters is 1. The third-order valence-corrected chi connectivity index (χ3v) is 16.8. The van der Waals surface area contributed by atoms with E-state index in [4.69, 9.17) is 26.7 Å². The van der Waals surface area contributed by atoms with Crippen molar-refractivity contribution in [2.75, 3.05) is 26.8 Å². The van der Waals surface area contributed by atoms with Gasteiger partial charge in [-0.1, -0.05) is 132 Å². The molecule has 2 aromatic rings. The number of benzene rings is 2. The van der Waals surface area contributed by atoms with Gasteiger partial charge in [0.05, 0.1) is 44.9 Å². The Hall–Kier alpha value is -9.54. The van der Waals surface area contributed by atoms with E-state index >= 15 is 14.4 Å².